The molecule has 3 aromatic rings. The van der Waals surface area contributed by atoms with Crippen molar-refractivity contribution in [3.63, 3.8) is 0 Å². The van der Waals surface area contributed by atoms with Crippen LogP contribution < -0.4 is 5.32 Å². The van der Waals surface area contributed by atoms with Crippen molar-refractivity contribution in [3.8, 4) is 0 Å². The summed E-state index contributed by atoms with van der Waals surface area (Å²) in [6.07, 6.45) is 2.19. The van der Waals surface area contributed by atoms with E-state index < -0.39 is 32.1 Å². The number of carbonyl (C=O) groups excluding carboxylic acids is 1. The summed E-state index contributed by atoms with van der Waals surface area (Å²) < 4.78 is 36.9. The van der Waals surface area contributed by atoms with Crippen LogP contribution in [0, 0.1) is 10.1 Å². The maximum atomic E-state index is 13.1. The molecule has 0 unspecified atom stereocenters. The predicted octanol–water partition coefficient (Wildman–Crippen LogP) is 2.17. The Balaban J connectivity index is 2.23. The minimum absolute atomic E-state index is 0.0287. The van der Waals surface area contributed by atoms with E-state index in [9.17, 15) is 23.3 Å². The first-order valence-corrected chi connectivity index (χ1v) is 10.4. The second-order valence-corrected chi connectivity index (χ2v) is 8.64. The van der Waals surface area contributed by atoms with Crippen LogP contribution >= 0.6 is 0 Å². The third-order valence-corrected chi connectivity index (χ3v) is 6.31. The fourth-order valence-electron chi connectivity index (χ4n) is 3.16. The molecule has 3 rings (SSSR count). The first kappa shape index (κ1) is 22.2. The molecule has 0 aliphatic heterocycles. The Hall–Kier alpha value is -3.51. The Morgan fingerprint density at radius 1 is 1.26 bits per heavy atom. The second-order valence-electron chi connectivity index (χ2n) is 6.82. The molecule has 1 aromatic carbocycles. The number of fused-ring (bicyclic) bond motifs is 1. The smallest absolute Gasteiger partial charge is 0.333 e. The van der Waals surface area contributed by atoms with Crippen molar-refractivity contribution in [3.05, 3.63) is 58.9 Å². The summed E-state index contributed by atoms with van der Waals surface area (Å²) in [5.74, 6) is -0.718. The van der Waals surface area contributed by atoms with Crippen molar-refractivity contribution in [2.75, 3.05) is 26.1 Å². The molecule has 12 heteroatoms. The minimum Gasteiger partial charge on any atom is -0.467 e. The number of hydrogen-bond acceptors (Lipinski definition) is 9. The molecule has 2 aromatic heterocycles. The normalized spacial score (nSPS) is 13.5. The lowest BCUT2D eigenvalue weighted by molar-refractivity contribution is -0.384. The topological polar surface area (TPSA) is 143 Å². The standard InChI is InChI=1S/C19H20N4O7S/c1-19(12-29-2,18(24)30-3)21-16-14-9-10-22(17(14)20-11-15(16)23(25)26)31(27,28)13-7-5-4-6-8-13/h4-11H,12H2,1-3H3,(H,20,21)/t19-/m0/s1. The lowest BCUT2D eigenvalue weighted by Crippen LogP contribution is -2.48. The highest BCUT2D eigenvalue weighted by molar-refractivity contribution is 7.90. The molecule has 0 spiro atoms. The van der Waals surface area contributed by atoms with Crippen LogP contribution in [0.1, 0.15) is 6.92 Å². The van der Waals surface area contributed by atoms with E-state index in [0.717, 1.165) is 10.2 Å². The molecule has 31 heavy (non-hydrogen) atoms. The van der Waals surface area contributed by atoms with E-state index in [-0.39, 0.29) is 28.2 Å². The molecule has 0 aliphatic rings. The van der Waals surface area contributed by atoms with Gasteiger partial charge in [0.1, 0.15) is 11.9 Å². The van der Waals surface area contributed by atoms with Gasteiger partial charge in [-0.3, -0.25) is 10.1 Å². The van der Waals surface area contributed by atoms with Gasteiger partial charge >= 0.3 is 11.7 Å². The van der Waals surface area contributed by atoms with Gasteiger partial charge < -0.3 is 14.8 Å². The summed E-state index contributed by atoms with van der Waals surface area (Å²) in [6, 6.07) is 9.08. The maximum absolute atomic E-state index is 13.1. The van der Waals surface area contributed by atoms with Crippen LogP contribution in [0.15, 0.2) is 53.7 Å². The number of ether oxygens (including phenoxy) is 2. The van der Waals surface area contributed by atoms with Crippen LogP contribution in [0.25, 0.3) is 11.0 Å². The molecule has 1 N–H and O–H groups in total. The van der Waals surface area contributed by atoms with Crippen LogP contribution in [0.4, 0.5) is 11.4 Å². The SMILES string of the molecule is COC[C@](C)(Nc1c([N+](=O)[O-])cnc2c1ccn2S(=O)(=O)c1ccccc1)C(=O)OC. The fraction of sp³-hybridized carbons (Fsp3) is 0.263. The molecule has 0 saturated heterocycles. The molecule has 0 aliphatic carbocycles. The van der Waals surface area contributed by atoms with Crippen LogP contribution in [0.3, 0.4) is 0 Å². The largest absolute Gasteiger partial charge is 0.467 e. The van der Waals surface area contributed by atoms with Crippen molar-refractivity contribution in [1.29, 1.82) is 0 Å². The van der Waals surface area contributed by atoms with Gasteiger partial charge in [-0.05, 0) is 25.1 Å². The van der Waals surface area contributed by atoms with Gasteiger partial charge in [0.25, 0.3) is 10.0 Å². The van der Waals surface area contributed by atoms with Crippen molar-refractivity contribution in [1.82, 2.24) is 8.96 Å². The number of anilines is 1. The van der Waals surface area contributed by atoms with Crippen LogP contribution in [-0.2, 0) is 24.3 Å². The lowest BCUT2D eigenvalue weighted by atomic mass is 10.0. The minimum atomic E-state index is -4.01. The number of methoxy groups -OCH3 is 2. The summed E-state index contributed by atoms with van der Waals surface area (Å²) in [5, 5.41) is 14.6. The summed E-state index contributed by atoms with van der Waals surface area (Å²) >= 11 is 0. The first-order chi connectivity index (χ1) is 14.7. The van der Waals surface area contributed by atoms with Gasteiger partial charge in [-0.1, -0.05) is 18.2 Å². The number of nitrogens with one attached hydrogen (secondary N) is 1. The van der Waals surface area contributed by atoms with Crippen LogP contribution in [-0.4, -0.2) is 54.6 Å². The van der Waals surface area contributed by atoms with Crippen molar-refractivity contribution >= 4 is 38.4 Å². The van der Waals surface area contributed by atoms with E-state index in [1.165, 1.54) is 45.5 Å². The molecule has 2 heterocycles. The molecule has 11 nitrogen and oxygen atoms in total. The highest BCUT2D eigenvalue weighted by atomic mass is 32.2. The van der Waals surface area contributed by atoms with Crippen LogP contribution in [0.5, 0.6) is 0 Å². The zero-order valence-corrected chi connectivity index (χ0v) is 17.8. The molecule has 1 atom stereocenters. The molecule has 0 bridgehead atoms. The average Bonchev–Trinajstić information content (AvgIpc) is 3.19. The second kappa shape index (κ2) is 8.32. The monoisotopic (exact) mass is 448 g/mol. The highest BCUT2D eigenvalue weighted by Crippen LogP contribution is 2.35. The number of carbonyl (C=O) groups is 1. The van der Waals surface area contributed by atoms with E-state index in [4.69, 9.17) is 9.47 Å². The number of aromatic nitrogens is 2. The Bertz CT molecular complexity index is 1240. The molecule has 164 valence electrons. The van der Waals surface area contributed by atoms with Gasteiger partial charge in [0.2, 0.25) is 0 Å². The van der Waals surface area contributed by atoms with Gasteiger partial charge in [-0.2, -0.15) is 0 Å². The van der Waals surface area contributed by atoms with E-state index in [1.807, 2.05) is 0 Å². The number of hydrogen-bond donors (Lipinski definition) is 1. The quantitative estimate of drug-likeness (QED) is 0.311. The van der Waals surface area contributed by atoms with Gasteiger partial charge in [0.05, 0.1) is 28.9 Å². The zero-order chi connectivity index (χ0) is 22.8. The Labute approximate surface area is 177 Å². The number of nitro groups is 1. The fourth-order valence-corrected chi connectivity index (χ4v) is 4.48. The van der Waals surface area contributed by atoms with Gasteiger partial charge in [-0.25, -0.2) is 22.2 Å². The van der Waals surface area contributed by atoms with E-state index in [2.05, 4.69) is 10.3 Å². The molecule has 0 saturated carbocycles. The predicted molar refractivity (Wildman–Crippen MR) is 111 cm³/mol. The molecule has 0 amide bonds. The van der Waals surface area contributed by atoms with E-state index >= 15 is 0 Å². The van der Waals surface area contributed by atoms with Crippen LogP contribution in [0.2, 0.25) is 0 Å². The summed E-state index contributed by atoms with van der Waals surface area (Å²) in [7, 11) is -1.47. The number of benzene rings is 1. The summed E-state index contributed by atoms with van der Waals surface area (Å²) in [5.41, 5.74) is -2.04. The van der Waals surface area contributed by atoms with Crippen molar-refractivity contribution in [2.24, 2.45) is 0 Å². The number of esters is 1. The van der Waals surface area contributed by atoms with Gasteiger partial charge in [0.15, 0.2) is 11.2 Å². The van der Waals surface area contributed by atoms with Crippen molar-refractivity contribution in [2.45, 2.75) is 17.4 Å². The molecular formula is C19H20N4O7S. The summed E-state index contributed by atoms with van der Waals surface area (Å²) in [4.78, 5) is 27.3. The van der Waals surface area contributed by atoms with E-state index in [1.54, 1.807) is 18.2 Å². The number of pyridine rings is 1. The third-order valence-electron chi connectivity index (χ3n) is 4.63. The molecular weight excluding hydrogens is 428 g/mol. The maximum Gasteiger partial charge on any atom is 0.333 e. The Morgan fingerprint density at radius 3 is 2.52 bits per heavy atom. The lowest BCUT2D eigenvalue weighted by Gasteiger charge is -2.28. The van der Waals surface area contributed by atoms with Gasteiger partial charge in [0, 0.05) is 13.3 Å². The Morgan fingerprint density at radius 2 is 1.94 bits per heavy atom. The Kier molecular flexibility index (Phi) is 5.95. The molecule has 0 fully saturated rings. The first-order valence-electron chi connectivity index (χ1n) is 8.96. The third kappa shape index (κ3) is 3.94. The van der Waals surface area contributed by atoms with E-state index in [0.29, 0.717) is 0 Å². The number of rotatable bonds is 8. The summed E-state index contributed by atoms with van der Waals surface area (Å²) in [6.45, 7) is 1.29. The van der Waals surface area contributed by atoms with Gasteiger partial charge in [-0.15, -0.1) is 0 Å². The number of nitrogens with zero attached hydrogens (tertiary/aromatic N) is 3. The van der Waals surface area contributed by atoms with Crippen molar-refractivity contribution < 1.29 is 27.6 Å². The zero-order valence-electron chi connectivity index (χ0n) is 16.9. The average molecular weight is 448 g/mol. The highest BCUT2D eigenvalue weighted by Gasteiger charge is 2.38. The molecule has 0 radical (unpaired) electrons.